The van der Waals surface area contributed by atoms with Crippen molar-refractivity contribution in [1.82, 2.24) is 19.9 Å². The fourth-order valence-corrected chi connectivity index (χ4v) is 3.78. The summed E-state index contributed by atoms with van der Waals surface area (Å²) in [6.07, 6.45) is 4.51. The van der Waals surface area contributed by atoms with Crippen molar-refractivity contribution in [2.45, 2.75) is 98.8 Å². The lowest BCUT2D eigenvalue weighted by atomic mass is 10.1. The Hall–Kier alpha value is -4.18. The van der Waals surface area contributed by atoms with Crippen molar-refractivity contribution in [2.75, 3.05) is 0 Å². The second-order valence-electron chi connectivity index (χ2n) is 13.3. The lowest BCUT2D eigenvalue weighted by molar-refractivity contribution is 0.00565. The molecule has 0 radical (unpaired) electrons. The first-order valence-electron chi connectivity index (χ1n) is 14.1. The summed E-state index contributed by atoms with van der Waals surface area (Å²) in [5, 5.41) is 0. The van der Waals surface area contributed by atoms with Crippen molar-refractivity contribution < 1.29 is 28.6 Å². The van der Waals surface area contributed by atoms with E-state index in [9.17, 15) is 14.4 Å². The molecule has 0 bridgehead atoms. The number of hydrogen-bond acceptors (Lipinski definition) is 10. The van der Waals surface area contributed by atoms with E-state index in [1.165, 1.54) is 18.6 Å². The second kappa shape index (κ2) is 13.4. The molecule has 0 atom stereocenters. The minimum Gasteiger partial charge on any atom is -0.456 e. The van der Waals surface area contributed by atoms with E-state index in [1.54, 1.807) is 36.4 Å². The van der Waals surface area contributed by atoms with E-state index in [1.807, 2.05) is 62.3 Å². The molecule has 0 aliphatic heterocycles. The van der Waals surface area contributed by atoms with Gasteiger partial charge in [-0.2, -0.15) is 0 Å². The van der Waals surface area contributed by atoms with Gasteiger partial charge >= 0.3 is 17.9 Å². The van der Waals surface area contributed by atoms with Crippen LogP contribution in [0.5, 0.6) is 0 Å². The monoisotopic (exact) mass is 590 g/mol. The highest BCUT2D eigenvalue weighted by Crippen LogP contribution is 2.17. The van der Waals surface area contributed by atoms with E-state index >= 15 is 0 Å². The van der Waals surface area contributed by atoms with Crippen LogP contribution in [0.25, 0.3) is 0 Å². The Kier molecular flexibility index (Phi) is 10.4. The average Bonchev–Trinajstić information content (AvgIpc) is 2.87. The number of carbonyl (C=O) groups is 3. The minimum absolute atomic E-state index is 0.365. The number of ether oxygens (including phenoxy) is 3. The summed E-state index contributed by atoms with van der Waals surface area (Å²) in [5.41, 5.74) is 1.45. The molecule has 0 aliphatic carbocycles. The molecule has 230 valence electrons. The van der Waals surface area contributed by atoms with Crippen LogP contribution in [0, 0.1) is 0 Å². The standard InChI is InChI=1S/C33H42N4O6/c1-31(2,3)41-28(38)22-10-13-25(34-16-22)19-37(20-26-14-11-23(17-35-26)29(39)42-32(4,5)6)21-27-15-12-24(18-36-27)30(40)43-33(7,8)9/h10-18H,19-21H2,1-9H3. The van der Waals surface area contributed by atoms with Crippen LogP contribution < -0.4 is 0 Å². The van der Waals surface area contributed by atoms with Gasteiger partial charge in [-0.05, 0) is 98.7 Å². The molecular weight excluding hydrogens is 548 g/mol. The van der Waals surface area contributed by atoms with Crippen molar-refractivity contribution in [2.24, 2.45) is 0 Å². The lowest BCUT2D eigenvalue weighted by Crippen LogP contribution is -2.26. The van der Waals surface area contributed by atoms with E-state index in [0.29, 0.717) is 36.3 Å². The number of esters is 3. The van der Waals surface area contributed by atoms with Crippen molar-refractivity contribution in [1.29, 1.82) is 0 Å². The first-order valence-corrected chi connectivity index (χ1v) is 14.1. The molecule has 3 aromatic heterocycles. The Labute approximate surface area is 253 Å². The number of carbonyl (C=O) groups excluding carboxylic acids is 3. The second-order valence-corrected chi connectivity index (χ2v) is 13.3. The Morgan fingerprint density at radius 1 is 0.512 bits per heavy atom. The Morgan fingerprint density at radius 3 is 0.953 bits per heavy atom. The number of nitrogens with zero attached hydrogens (tertiary/aromatic N) is 4. The summed E-state index contributed by atoms with van der Waals surface area (Å²) in [6, 6.07) is 10.4. The predicted molar refractivity (Wildman–Crippen MR) is 161 cm³/mol. The molecule has 0 saturated carbocycles. The summed E-state index contributed by atoms with van der Waals surface area (Å²) in [6.45, 7) is 17.6. The van der Waals surface area contributed by atoms with Gasteiger partial charge in [0.2, 0.25) is 0 Å². The van der Waals surface area contributed by atoms with Crippen LogP contribution in [0.2, 0.25) is 0 Å². The van der Waals surface area contributed by atoms with E-state index in [0.717, 1.165) is 17.1 Å². The molecule has 0 saturated heterocycles. The zero-order valence-corrected chi connectivity index (χ0v) is 26.6. The van der Waals surface area contributed by atoms with Crippen molar-refractivity contribution in [3.63, 3.8) is 0 Å². The molecule has 43 heavy (non-hydrogen) atoms. The highest BCUT2D eigenvalue weighted by molar-refractivity contribution is 5.90. The van der Waals surface area contributed by atoms with Crippen molar-refractivity contribution >= 4 is 17.9 Å². The van der Waals surface area contributed by atoms with Gasteiger partial charge in [-0.3, -0.25) is 19.9 Å². The van der Waals surface area contributed by atoms with Gasteiger partial charge in [-0.15, -0.1) is 0 Å². The maximum Gasteiger partial charge on any atom is 0.340 e. The van der Waals surface area contributed by atoms with E-state index in [2.05, 4.69) is 19.9 Å². The Bertz CT molecular complexity index is 1220. The predicted octanol–water partition coefficient (Wildman–Crippen LogP) is 5.94. The molecule has 0 aromatic carbocycles. The summed E-state index contributed by atoms with van der Waals surface area (Å²) in [4.78, 5) is 52.8. The fourth-order valence-electron chi connectivity index (χ4n) is 3.78. The first kappa shape index (κ1) is 33.3. The summed E-state index contributed by atoms with van der Waals surface area (Å²) in [7, 11) is 0. The smallest absolute Gasteiger partial charge is 0.340 e. The quantitative estimate of drug-likeness (QED) is 0.219. The third kappa shape index (κ3) is 11.5. The molecule has 0 unspecified atom stereocenters. The minimum atomic E-state index is -0.607. The molecule has 3 rings (SSSR count). The molecule has 3 aromatic rings. The molecular formula is C33H42N4O6. The van der Waals surface area contributed by atoms with E-state index < -0.39 is 34.7 Å². The van der Waals surface area contributed by atoms with Gasteiger partial charge in [-0.25, -0.2) is 14.4 Å². The average molecular weight is 591 g/mol. The van der Waals surface area contributed by atoms with Crippen LogP contribution >= 0.6 is 0 Å². The third-order valence-corrected chi connectivity index (χ3v) is 5.53. The van der Waals surface area contributed by atoms with E-state index in [4.69, 9.17) is 14.2 Å². The van der Waals surface area contributed by atoms with Crippen LogP contribution in [0.3, 0.4) is 0 Å². The van der Waals surface area contributed by atoms with Gasteiger partial charge in [0.1, 0.15) is 16.8 Å². The van der Waals surface area contributed by atoms with Gasteiger partial charge < -0.3 is 14.2 Å². The first-order chi connectivity index (χ1) is 19.9. The van der Waals surface area contributed by atoms with Crippen LogP contribution in [0.15, 0.2) is 55.0 Å². The number of pyridine rings is 3. The normalized spacial score (nSPS) is 12.1. The molecule has 0 amide bonds. The highest BCUT2D eigenvalue weighted by Gasteiger charge is 2.21. The highest BCUT2D eigenvalue weighted by atomic mass is 16.6. The largest absolute Gasteiger partial charge is 0.456 e. The molecule has 10 nitrogen and oxygen atoms in total. The van der Waals surface area contributed by atoms with Gasteiger partial charge in [0.05, 0.1) is 33.8 Å². The van der Waals surface area contributed by atoms with Crippen LogP contribution in [-0.2, 0) is 33.8 Å². The molecule has 0 N–H and O–H groups in total. The Balaban J connectivity index is 1.79. The SMILES string of the molecule is CC(C)(C)OC(=O)c1ccc(CN(Cc2ccc(C(=O)OC(C)(C)C)cn2)Cc2ccc(C(=O)OC(C)(C)C)cn2)nc1. The van der Waals surface area contributed by atoms with E-state index in [-0.39, 0.29) is 0 Å². The van der Waals surface area contributed by atoms with Crippen molar-refractivity contribution in [3.8, 4) is 0 Å². The number of aromatic nitrogens is 3. The molecule has 3 heterocycles. The van der Waals surface area contributed by atoms with Crippen molar-refractivity contribution in [3.05, 3.63) is 88.8 Å². The summed E-state index contributed by atoms with van der Waals surface area (Å²) in [5.74, 6) is -1.31. The Morgan fingerprint density at radius 2 is 0.767 bits per heavy atom. The molecule has 0 fully saturated rings. The fraction of sp³-hybridized carbons (Fsp3) is 0.455. The maximum atomic E-state index is 12.4. The summed E-state index contributed by atoms with van der Waals surface area (Å²) < 4.78 is 16.3. The molecule has 0 aliphatic rings. The van der Waals surface area contributed by atoms with Gasteiger partial charge in [0, 0.05) is 38.2 Å². The molecule has 10 heteroatoms. The number of hydrogen-bond donors (Lipinski definition) is 0. The number of rotatable bonds is 9. The van der Waals surface area contributed by atoms with Gasteiger partial charge in [-0.1, -0.05) is 0 Å². The van der Waals surface area contributed by atoms with Gasteiger partial charge in [0.15, 0.2) is 0 Å². The van der Waals surface area contributed by atoms with Crippen LogP contribution in [0.1, 0.15) is 110 Å². The lowest BCUT2D eigenvalue weighted by Gasteiger charge is -2.22. The zero-order chi connectivity index (χ0) is 32.0. The molecule has 0 spiro atoms. The third-order valence-electron chi connectivity index (χ3n) is 5.53. The van der Waals surface area contributed by atoms with Gasteiger partial charge in [0.25, 0.3) is 0 Å². The topological polar surface area (TPSA) is 121 Å². The maximum absolute atomic E-state index is 12.4. The zero-order valence-electron chi connectivity index (χ0n) is 26.6. The summed E-state index contributed by atoms with van der Waals surface area (Å²) >= 11 is 0. The van der Waals surface area contributed by atoms with Crippen LogP contribution in [-0.4, -0.2) is 54.6 Å². The van der Waals surface area contributed by atoms with Crippen LogP contribution in [0.4, 0.5) is 0 Å².